The first-order valence-corrected chi connectivity index (χ1v) is 5.47. The summed E-state index contributed by atoms with van der Waals surface area (Å²) in [5.41, 5.74) is -0.243. The minimum absolute atomic E-state index is 0.0873. The molecule has 0 spiro atoms. The quantitative estimate of drug-likeness (QED) is 0.879. The average Bonchev–Trinajstić information content (AvgIpc) is 2.35. The molecular formula is C13H8ClF2NO. The van der Waals surface area contributed by atoms with Gasteiger partial charge in [0, 0.05) is 0 Å². The summed E-state index contributed by atoms with van der Waals surface area (Å²) in [5.74, 6) is -2.14. The number of hydrogen-bond acceptors (Lipinski definition) is 1. The van der Waals surface area contributed by atoms with Crippen LogP contribution in [-0.2, 0) is 0 Å². The summed E-state index contributed by atoms with van der Waals surface area (Å²) in [6.45, 7) is 0. The third kappa shape index (κ3) is 2.49. The van der Waals surface area contributed by atoms with Gasteiger partial charge in [-0.2, -0.15) is 0 Å². The van der Waals surface area contributed by atoms with Crippen molar-refractivity contribution in [2.24, 2.45) is 0 Å². The number of carbonyl (C=O) groups is 1. The zero-order chi connectivity index (χ0) is 13.1. The predicted octanol–water partition coefficient (Wildman–Crippen LogP) is 3.87. The fourth-order valence-corrected chi connectivity index (χ4v) is 1.61. The lowest BCUT2D eigenvalue weighted by Gasteiger charge is -2.07. The molecule has 2 rings (SSSR count). The minimum Gasteiger partial charge on any atom is -0.319 e. The fourth-order valence-electron chi connectivity index (χ4n) is 1.44. The maximum absolute atomic E-state index is 13.5. The number of anilines is 1. The molecule has 0 radical (unpaired) electrons. The maximum atomic E-state index is 13.5. The second-order valence-corrected chi connectivity index (χ2v) is 3.94. The van der Waals surface area contributed by atoms with E-state index >= 15 is 0 Å². The third-order valence-electron chi connectivity index (χ3n) is 2.32. The van der Waals surface area contributed by atoms with E-state index in [9.17, 15) is 13.6 Å². The molecule has 0 unspecified atom stereocenters. The van der Waals surface area contributed by atoms with Gasteiger partial charge in [0.15, 0.2) is 5.82 Å². The Balaban J connectivity index is 2.27. The Labute approximate surface area is 107 Å². The van der Waals surface area contributed by atoms with Gasteiger partial charge < -0.3 is 5.32 Å². The summed E-state index contributed by atoms with van der Waals surface area (Å²) in [6.07, 6.45) is 0. The highest BCUT2D eigenvalue weighted by molar-refractivity contribution is 6.31. The Kier molecular flexibility index (Phi) is 3.58. The summed E-state index contributed by atoms with van der Waals surface area (Å²) in [5, 5.41) is 2.16. The van der Waals surface area contributed by atoms with Crippen LogP contribution in [0.1, 0.15) is 10.4 Å². The van der Waals surface area contributed by atoms with Crippen LogP contribution < -0.4 is 5.32 Å². The van der Waals surface area contributed by atoms with Gasteiger partial charge in [0.1, 0.15) is 5.82 Å². The first kappa shape index (κ1) is 12.5. The molecule has 18 heavy (non-hydrogen) atoms. The number of amides is 1. The number of nitrogens with one attached hydrogen (secondary N) is 1. The molecule has 0 bridgehead atoms. The number of hydrogen-bond donors (Lipinski definition) is 1. The van der Waals surface area contributed by atoms with Crippen molar-refractivity contribution >= 4 is 23.2 Å². The molecule has 0 aliphatic rings. The minimum atomic E-state index is -0.746. The number of carbonyl (C=O) groups excluding carboxylic acids is 1. The van der Waals surface area contributed by atoms with Crippen molar-refractivity contribution < 1.29 is 13.6 Å². The second-order valence-electron chi connectivity index (χ2n) is 3.54. The molecule has 0 saturated heterocycles. The Morgan fingerprint density at radius 2 is 1.78 bits per heavy atom. The SMILES string of the molecule is O=C(Nc1cccc(Cl)c1F)c1ccccc1F. The highest BCUT2D eigenvalue weighted by Crippen LogP contribution is 2.22. The Morgan fingerprint density at radius 3 is 2.50 bits per heavy atom. The molecule has 1 N–H and O–H groups in total. The van der Waals surface area contributed by atoms with Crippen LogP contribution in [0.5, 0.6) is 0 Å². The molecule has 5 heteroatoms. The van der Waals surface area contributed by atoms with E-state index in [1.54, 1.807) is 0 Å². The van der Waals surface area contributed by atoms with E-state index < -0.39 is 17.5 Å². The fraction of sp³-hybridized carbons (Fsp3) is 0. The largest absolute Gasteiger partial charge is 0.319 e. The molecule has 2 nitrogen and oxygen atoms in total. The Morgan fingerprint density at radius 1 is 1.06 bits per heavy atom. The van der Waals surface area contributed by atoms with Gasteiger partial charge in [-0.1, -0.05) is 29.8 Å². The third-order valence-corrected chi connectivity index (χ3v) is 2.61. The summed E-state index contributed by atoms with van der Waals surface area (Å²) in [4.78, 5) is 11.7. The van der Waals surface area contributed by atoms with Gasteiger partial charge in [0.25, 0.3) is 5.91 Å². The molecule has 0 atom stereocenters. The molecule has 0 saturated carbocycles. The van der Waals surface area contributed by atoms with E-state index in [-0.39, 0.29) is 16.3 Å². The van der Waals surface area contributed by atoms with Crippen LogP contribution in [-0.4, -0.2) is 5.91 Å². The smallest absolute Gasteiger partial charge is 0.258 e. The first-order valence-electron chi connectivity index (χ1n) is 5.09. The van der Waals surface area contributed by atoms with Crippen molar-refractivity contribution in [3.05, 3.63) is 64.7 Å². The van der Waals surface area contributed by atoms with E-state index in [0.717, 1.165) is 6.07 Å². The Bertz CT molecular complexity index is 601. The van der Waals surface area contributed by atoms with Gasteiger partial charge >= 0.3 is 0 Å². The highest BCUT2D eigenvalue weighted by Gasteiger charge is 2.14. The zero-order valence-corrected chi connectivity index (χ0v) is 9.84. The highest BCUT2D eigenvalue weighted by atomic mass is 35.5. The maximum Gasteiger partial charge on any atom is 0.258 e. The van der Waals surface area contributed by atoms with Crippen LogP contribution >= 0.6 is 11.6 Å². The lowest BCUT2D eigenvalue weighted by molar-refractivity contribution is 0.102. The molecule has 92 valence electrons. The van der Waals surface area contributed by atoms with Gasteiger partial charge in [0.2, 0.25) is 0 Å². The zero-order valence-electron chi connectivity index (χ0n) is 9.08. The van der Waals surface area contributed by atoms with Crippen LogP contribution in [0.2, 0.25) is 5.02 Å². The predicted molar refractivity (Wildman–Crippen MR) is 65.8 cm³/mol. The van der Waals surface area contributed by atoms with Crippen LogP contribution in [0.25, 0.3) is 0 Å². The Hall–Kier alpha value is -1.94. The summed E-state index contributed by atoms with van der Waals surface area (Å²) < 4.78 is 26.9. The van der Waals surface area contributed by atoms with E-state index in [1.807, 2.05) is 0 Å². The van der Waals surface area contributed by atoms with Crippen molar-refractivity contribution in [1.82, 2.24) is 0 Å². The molecule has 0 aliphatic carbocycles. The normalized spacial score (nSPS) is 10.2. The van der Waals surface area contributed by atoms with E-state index in [1.165, 1.54) is 36.4 Å². The van der Waals surface area contributed by atoms with Gasteiger partial charge in [0.05, 0.1) is 16.3 Å². The second kappa shape index (κ2) is 5.14. The monoisotopic (exact) mass is 267 g/mol. The average molecular weight is 268 g/mol. The first-order chi connectivity index (χ1) is 8.59. The molecule has 0 heterocycles. The lowest BCUT2D eigenvalue weighted by Crippen LogP contribution is -2.14. The van der Waals surface area contributed by atoms with Crippen molar-refractivity contribution in [1.29, 1.82) is 0 Å². The standard InChI is InChI=1S/C13H8ClF2NO/c14-9-5-3-7-11(12(9)16)17-13(18)8-4-1-2-6-10(8)15/h1-7H,(H,17,18). The molecule has 0 aliphatic heterocycles. The van der Waals surface area contributed by atoms with Crippen molar-refractivity contribution in [2.45, 2.75) is 0 Å². The number of rotatable bonds is 2. The van der Waals surface area contributed by atoms with Gasteiger partial charge in [-0.05, 0) is 24.3 Å². The summed E-state index contributed by atoms with van der Waals surface area (Å²) >= 11 is 5.57. The van der Waals surface area contributed by atoms with E-state index in [4.69, 9.17) is 11.6 Å². The summed E-state index contributed by atoms with van der Waals surface area (Å²) in [6, 6.07) is 9.65. The lowest BCUT2D eigenvalue weighted by atomic mass is 10.2. The molecule has 2 aromatic carbocycles. The molecule has 1 amide bonds. The van der Waals surface area contributed by atoms with Crippen LogP contribution in [0, 0.1) is 11.6 Å². The van der Waals surface area contributed by atoms with Gasteiger partial charge in [-0.15, -0.1) is 0 Å². The van der Waals surface area contributed by atoms with Gasteiger partial charge in [-0.3, -0.25) is 4.79 Å². The van der Waals surface area contributed by atoms with Crippen molar-refractivity contribution in [3.63, 3.8) is 0 Å². The molecular weight excluding hydrogens is 260 g/mol. The molecule has 2 aromatic rings. The number of halogens is 3. The van der Waals surface area contributed by atoms with Crippen molar-refractivity contribution in [3.8, 4) is 0 Å². The van der Waals surface area contributed by atoms with Crippen LogP contribution in [0.15, 0.2) is 42.5 Å². The number of benzene rings is 2. The van der Waals surface area contributed by atoms with E-state index in [2.05, 4.69) is 5.32 Å². The van der Waals surface area contributed by atoms with Crippen LogP contribution in [0.4, 0.5) is 14.5 Å². The van der Waals surface area contributed by atoms with Crippen molar-refractivity contribution in [2.75, 3.05) is 5.32 Å². The topological polar surface area (TPSA) is 29.1 Å². The van der Waals surface area contributed by atoms with Crippen LogP contribution in [0.3, 0.4) is 0 Å². The summed E-state index contributed by atoms with van der Waals surface area (Å²) in [7, 11) is 0. The van der Waals surface area contributed by atoms with Gasteiger partial charge in [-0.25, -0.2) is 8.78 Å². The van der Waals surface area contributed by atoms with E-state index in [0.29, 0.717) is 0 Å². The molecule has 0 aromatic heterocycles. The molecule has 0 fully saturated rings.